The zero-order chi connectivity index (χ0) is 17.8. The van der Waals surface area contributed by atoms with Gasteiger partial charge in [-0.25, -0.2) is 9.07 Å². The molecule has 1 saturated heterocycles. The second-order valence-electron chi connectivity index (χ2n) is 6.92. The van der Waals surface area contributed by atoms with E-state index >= 15 is 0 Å². The van der Waals surface area contributed by atoms with E-state index < -0.39 is 0 Å². The van der Waals surface area contributed by atoms with Crippen molar-refractivity contribution in [3.63, 3.8) is 0 Å². The van der Waals surface area contributed by atoms with Crippen LogP contribution in [-0.2, 0) is 18.4 Å². The number of nitrogens with zero attached hydrogens (tertiary/aromatic N) is 5. The third-order valence-electron chi connectivity index (χ3n) is 5.44. The molecular weight excluding hydrogens is 337 g/mol. The average Bonchev–Trinajstić information content (AvgIpc) is 3.25. The lowest BCUT2D eigenvalue weighted by Gasteiger charge is -2.40. The molecule has 0 spiro atoms. The van der Waals surface area contributed by atoms with Gasteiger partial charge < -0.3 is 14.2 Å². The van der Waals surface area contributed by atoms with Gasteiger partial charge in [-0.2, -0.15) is 0 Å². The van der Waals surface area contributed by atoms with Crippen LogP contribution in [0.2, 0.25) is 0 Å². The molecule has 0 bridgehead atoms. The molecule has 1 amide bonds. The summed E-state index contributed by atoms with van der Waals surface area (Å²) in [5, 5.41) is 8.85. The number of hydrogen-bond acceptors (Lipinski definition) is 4. The first-order valence-electron chi connectivity index (χ1n) is 8.67. The molecule has 2 atom stereocenters. The molecule has 0 radical (unpaired) electrons. The van der Waals surface area contributed by atoms with Crippen molar-refractivity contribution in [2.45, 2.75) is 25.2 Å². The third kappa shape index (κ3) is 2.25. The van der Waals surface area contributed by atoms with E-state index in [0.717, 1.165) is 23.0 Å². The van der Waals surface area contributed by atoms with Crippen LogP contribution in [-0.4, -0.2) is 49.6 Å². The molecule has 0 aliphatic carbocycles. The molecule has 0 saturated carbocycles. The van der Waals surface area contributed by atoms with Crippen LogP contribution >= 0.6 is 0 Å². The monoisotopic (exact) mass is 355 g/mol. The predicted octanol–water partition coefficient (Wildman–Crippen LogP) is 1.89. The Kier molecular flexibility index (Phi) is 3.36. The Balaban J connectivity index is 1.42. The smallest absolute Gasteiger partial charge is 0.270 e. The zero-order valence-corrected chi connectivity index (χ0v) is 14.3. The van der Waals surface area contributed by atoms with E-state index in [-0.39, 0.29) is 23.9 Å². The average molecular weight is 355 g/mol. The summed E-state index contributed by atoms with van der Waals surface area (Å²) in [6, 6.07) is 6.43. The van der Waals surface area contributed by atoms with Crippen LogP contribution in [0.15, 0.2) is 30.5 Å². The van der Waals surface area contributed by atoms with Gasteiger partial charge in [0.1, 0.15) is 11.5 Å². The predicted molar refractivity (Wildman–Crippen MR) is 91.0 cm³/mol. The number of likely N-dealkylation sites (tertiary alicyclic amines) is 1. The fraction of sp³-hybridized carbons (Fsp3) is 0.389. The fourth-order valence-corrected chi connectivity index (χ4v) is 4.06. The molecule has 0 N–H and O–H groups in total. The van der Waals surface area contributed by atoms with Gasteiger partial charge in [0.25, 0.3) is 5.91 Å². The Bertz CT molecular complexity index is 1010. The number of piperidine rings is 1. The molecule has 26 heavy (non-hydrogen) atoms. The molecule has 2 aliphatic heterocycles. The van der Waals surface area contributed by atoms with Crippen molar-refractivity contribution >= 4 is 16.8 Å². The van der Waals surface area contributed by atoms with Crippen molar-refractivity contribution in [3.8, 4) is 0 Å². The zero-order valence-electron chi connectivity index (χ0n) is 14.3. The molecule has 1 aromatic carbocycles. The maximum Gasteiger partial charge on any atom is 0.270 e. The van der Waals surface area contributed by atoms with Crippen LogP contribution in [0.4, 0.5) is 4.39 Å². The van der Waals surface area contributed by atoms with Crippen molar-refractivity contribution in [1.29, 1.82) is 0 Å². The van der Waals surface area contributed by atoms with Gasteiger partial charge in [-0.3, -0.25) is 4.79 Å². The lowest BCUT2D eigenvalue weighted by molar-refractivity contribution is -0.0628. The van der Waals surface area contributed by atoms with E-state index in [0.29, 0.717) is 25.4 Å². The standard InChI is InChI=1S/C18H18FN5O2/c1-22-14-3-2-12(19)6-11(14)7-16(22)18(25)23-5-4-15-17(9-23)26-10-13-8-20-21-24(13)15/h2-3,6-8,15,17H,4-5,9-10H2,1H3/t15-,17-/m0/s1. The number of benzene rings is 1. The number of amides is 1. The van der Waals surface area contributed by atoms with Crippen molar-refractivity contribution in [2.75, 3.05) is 13.1 Å². The largest absolute Gasteiger partial charge is 0.368 e. The van der Waals surface area contributed by atoms with Gasteiger partial charge in [-0.05, 0) is 30.7 Å². The highest BCUT2D eigenvalue weighted by atomic mass is 19.1. The summed E-state index contributed by atoms with van der Waals surface area (Å²) < 4.78 is 23.2. The third-order valence-corrected chi connectivity index (χ3v) is 5.44. The highest BCUT2D eigenvalue weighted by Crippen LogP contribution is 2.31. The summed E-state index contributed by atoms with van der Waals surface area (Å²) in [7, 11) is 1.83. The van der Waals surface area contributed by atoms with Gasteiger partial charge in [0.2, 0.25) is 0 Å². The number of ether oxygens (including phenoxy) is 1. The summed E-state index contributed by atoms with van der Waals surface area (Å²) in [5.41, 5.74) is 2.37. The Labute approximate surface area is 148 Å². The van der Waals surface area contributed by atoms with Crippen LogP contribution in [0.3, 0.4) is 0 Å². The second-order valence-corrected chi connectivity index (χ2v) is 6.92. The molecule has 3 aromatic rings. The molecule has 7 nitrogen and oxygen atoms in total. The van der Waals surface area contributed by atoms with Crippen molar-refractivity contribution in [2.24, 2.45) is 7.05 Å². The maximum absolute atomic E-state index is 13.5. The van der Waals surface area contributed by atoms with E-state index in [9.17, 15) is 9.18 Å². The van der Waals surface area contributed by atoms with Gasteiger partial charge in [0.05, 0.1) is 30.6 Å². The Morgan fingerprint density at radius 3 is 3.12 bits per heavy atom. The van der Waals surface area contributed by atoms with Crippen LogP contribution < -0.4 is 0 Å². The number of carbonyl (C=O) groups excluding carboxylic acids is 1. The molecule has 8 heteroatoms. The molecule has 2 aliphatic rings. The van der Waals surface area contributed by atoms with Gasteiger partial charge in [0.15, 0.2) is 0 Å². The first-order chi connectivity index (χ1) is 12.6. The highest BCUT2D eigenvalue weighted by Gasteiger charge is 2.38. The Hall–Kier alpha value is -2.74. The minimum atomic E-state index is -0.304. The van der Waals surface area contributed by atoms with Crippen LogP contribution in [0.1, 0.15) is 28.6 Å². The highest BCUT2D eigenvalue weighted by molar-refractivity contribution is 5.98. The van der Waals surface area contributed by atoms with E-state index in [1.54, 1.807) is 18.3 Å². The Morgan fingerprint density at radius 2 is 2.23 bits per heavy atom. The number of fused-ring (bicyclic) bond motifs is 4. The van der Waals surface area contributed by atoms with Crippen molar-refractivity contribution in [3.05, 3.63) is 47.7 Å². The molecule has 2 aromatic heterocycles. The SMILES string of the molecule is Cn1c(C(=O)N2CC[C@H]3[C@H](C2)OCc2cnnn23)cc2cc(F)ccc21. The minimum Gasteiger partial charge on any atom is -0.368 e. The number of hydrogen-bond donors (Lipinski definition) is 0. The summed E-state index contributed by atoms with van der Waals surface area (Å²) in [6.07, 6.45) is 2.40. The molecule has 4 heterocycles. The van der Waals surface area contributed by atoms with Crippen LogP contribution in [0.5, 0.6) is 0 Å². The van der Waals surface area contributed by atoms with E-state index in [4.69, 9.17) is 4.74 Å². The van der Waals surface area contributed by atoms with E-state index in [2.05, 4.69) is 10.3 Å². The van der Waals surface area contributed by atoms with Crippen LogP contribution in [0.25, 0.3) is 10.9 Å². The van der Waals surface area contributed by atoms with E-state index in [1.807, 2.05) is 21.2 Å². The van der Waals surface area contributed by atoms with Gasteiger partial charge >= 0.3 is 0 Å². The van der Waals surface area contributed by atoms with Gasteiger partial charge in [-0.1, -0.05) is 5.21 Å². The van der Waals surface area contributed by atoms with Crippen molar-refractivity contribution < 1.29 is 13.9 Å². The lowest BCUT2D eigenvalue weighted by atomic mass is 10.00. The first kappa shape index (κ1) is 15.5. The quantitative estimate of drug-likeness (QED) is 0.669. The first-order valence-corrected chi connectivity index (χ1v) is 8.67. The summed E-state index contributed by atoms with van der Waals surface area (Å²) in [4.78, 5) is 14.9. The topological polar surface area (TPSA) is 65.2 Å². The number of carbonyl (C=O) groups is 1. The van der Waals surface area contributed by atoms with E-state index in [1.165, 1.54) is 12.1 Å². The summed E-state index contributed by atoms with van der Waals surface area (Å²) in [6.45, 7) is 1.60. The fourth-order valence-electron chi connectivity index (χ4n) is 4.06. The molecular formula is C18H18FN5O2. The normalized spacial score (nSPS) is 22.3. The number of rotatable bonds is 1. The molecule has 1 fully saturated rings. The number of aryl methyl sites for hydroxylation is 1. The Morgan fingerprint density at radius 1 is 1.35 bits per heavy atom. The minimum absolute atomic E-state index is 0.0597. The van der Waals surface area contributed by atoms with Crippen molar-refractivity contribution in [1.82, 2.24) is 24.5 Å². The second kappa shape index (κ2) is 5.63. The molecule has 134 valence electrons. The maximum atomic E-state index is 13.5. The summed E-state index contributed by atoms with van der Waals surface area (Å²) >= 11 is 0. The molecule has 0 unspecified atom stereocenters. The van der Waals surface area contributed by atoms with Gasteiger partial charge in [-0.15, -0.1) is 5.10 Å². The number of aromatic nitrogens is 4. The van der Waals surface area contributed by atoms with Crippen LogP contribution in [0, 0.1) is 5.82 Å². The lowest BCUT2D eigenvalue weighted by Crippen LogP contribution is -2.50. The summed E-state index contributed by atoms with van der Waals surface area (Å²) in [5.74, 6) is -0.363. The van der Waals surface area contributed by atoms with Gasteiger partial charge in [0, 0.05) is 31.0 Å². The molecule has 5 rings (SSSR count). The number of halogens is 1.